The lowest BCUT2D eigenvalue weighted by Crippen LogP contribution is -2.29. The molecule has 29 heavy (non-hydrogen) atoms. The maximum atomic E-state index is 12.7. The lowest BCUT2D eigenvalue weighted by Gasteiger charge is -2.17. The van der Waals surface area contributed by atoms with Gasteiger partial charge in [-0.25, -0.2) is 4.98 Å². The molecule has 0 aliphatic heterocycles. The zero-order valence-corrected chi connectivity index (χ0v) is 16.5. The number of nitrogens with zero attached hydrogens (tertiary/aromatic N) is 2. The van der Waals surface area contributed by atoms with Crippen LogP contribution in [0, 0.1) is 0 Å². The van der Waals surface area contributed by atoms with Gasteiger partial charge < -0.3 is 10.2 Å². The molecule has 0 bridgehead atoms. The number of carbonyl (C=O) groups is 2. The van der Waals surface area contributed by atoms with Crippen LogP contribution in [0.25, 0.3) is 0 Å². The molecular formula is C24H25N3O2. The van der Waals surface area contributed by atoms with Crippen molar-refractivity contribution in [3.63, 3.8) is 0 Å². The molecule has 0 aliphatic carbocycles. The third-order valence-electron chi connectivity index (χ3n) is 4.58. The van der Waals surface area contributed by atoms with E-state index in [9.17, 15) is 9.59 Å². The van der Waals surface area contributed by atoms with Gasteiger partial charge in [0.2, 0.25) is 0 Å². The number of carbonyl (C=O) groups excluding carboxylic acids is 2. The highest BCUT2D eigenvalue weighted by Crippen LogP contribution is 2.08. The fourth-order valence-electron chi connectivity index (χ4n) is 3.03. The van der Waals surface area contributed by atoms with E-state index >= 15 is 0 Å². The second-order valence-electron chi connectivity index (χ2n) is 6.90. The van der Waals surface area contributed by atoms with E-state index in [1.807, 2.05) is 48.5 Å². The topological polar surface area (TPSA) is 62.3 Å². The zero-order valence-electron chi connectivity index (χ0n) is 16.5. The molecule has 5 nitrogen and oxygen atoms in total. The summed E-state index contributed by atoms with van der Waals surface area (Å²) in [5, 5.41) is 2.88. The average Bonchev–Trinajstić information content (AvgIpc) is 2.77. The van der Waals surface area contributed by atoms with Crippen LogP contribution < -0.4 is 5.32 Å². The van der Waals surface area contributed by atoms with E-state index in [1.165, 1.54) is 5.56 Å². The summed E-state index contributed by atoms with van der Waals surface area (Å²) in [6, 6.07) is 24.9. The first-order valence-corrected chi connectivity index (χ1v) is 9.72. The fourth-order valence-corrected chi connectivity index (χ4v) is 3.03. The second-order valence-corrected chi connectivity index (χ2v) is 6.90. The van der Waals surface area contributed by atoms with E-state index in [4.69, 9.17) is 0 Å². The predicted octanol–water partition coefficient (Wildman–Crippen LogP) is 3.72. The van der Waals surface area contributed by atoms with Crippen LogP contribution in [-0.4, -0.2) is 35.3 Å². The number of amides is 2. The average molecular weight is 387 g/mol. The standard InChI is InChI=1S/C24H25N3O2/c1-27(18-20-12-6-3-7-13-20)24(29)22-16-8-15-21(26-22)23(28)25-17-9-14-19-10-4-2-5-11-19/h2-8,10-13,15-16H,9,14,17-18H2,1H3,(H,25,28). The number of hydrogen-bond acceptors (Lipinski definition) is 3. The van der Waals surface area contributed by atoms with Gasteiger partial charge in [0.05, 0.1) is 0 Å². The Morgan fingerprint density at radius 3 is 2.14 bits per heavy atom. The highest BCUT2D eigenvalue weighted by atomic mass is 16.2. The van der Waals surface area contributed by atoms with E-state index < -0.39 is 0 Å². The van der Waals surface area contributed by atoms with Gasteiger partial charge in [0.15, 0.2) is 0 Å². The van der Waals surface area contributed by atoms with Gasteiger partial charge in [-0.1, -0.05) is 66.7 Å². The van der Waals surface area contributed by atoms with Gasteiger partial charge in [-0.3, -0.25) is 9.59 Å². The van der Waals surface area contributed by atoms with Gasteiger partial charge in [0, 0.05) is 20.1 Å². The van der Waals surface area contributed by atoms with Gasteiger partial charge >= 0.3 is 0 Å². The van der Waals surface area contributed by atoms with Crippen molar-refractivity contribution in [3.05, 3.63) is 101 Å². The SMILES string of the molecule is CN(Cc1ccccc1)C(=O)c1cccc(C(=O)NCCCc2ccccc2)n1. The highest BCUT2D eigenvalue weighted by Gasteiger charge is 2.16. The molecule has 0 spiro atoms. The summed E-state index contributed by atoms with van der Waals surface area (Å²) in [4.78, 5) is 30.9. The first-order chi connectivity index (χ1) is 14.1. The molecule has 1 heterocycles. The Balaban J connectivity index is 1.53. The maximum absolute atomic E-state index is 12.7. The van der Waals surface area contributed by atoms with Crippen LogP contribution in [0.2, 0.25) is 0 Å². The Hall–Kier alpha value is -3.47. The summed E-state index contributed by atoms with van der Waals surface area (Å²) in [5.74, 6) is -0.481. The van der Waals surface area contributed by atoms with E-state index in [0.717, 1.165) is 18.4 Å². The molecule has 2 amide bonds. The van der Waals surface area contributed by atoms with Crippen LogP contribution in [0.15, 0.2) is 78.9 Å². The molecular weight excluding hydrogens is 362 g/mol. The summed E-state index contributed by atoms with van der Waals surface area (Å²) >= 11 is 0. The normalized spacial score (nSPS) is 10.4. The summed E-state index contributed by atoms with van der Waals surface area (Å²) in [6.07, 6.45) is 1.74. The quantitative estimate of drug-likeness (QED) is 0.599. The molecule has 0 fully saturated rings. The van der Waals surface area contributed by atoms with Crippen LogP contribution >= 0.6 is 0 Å². The van der Waals surface area contributed by atoms with Crippen molar-refractivity contribution in [1.82, 2.24) is 15.2 Å². The second kappa shape index (κ2) is 10.2. The molecule has 0 aliphatic rings. The summed E-state index contributed by atoms with van der Waals surface area (Å²) in [6.45, 7) is 1.04. The van der Waals surface area contributed by atoms with Gasteiger partial charge in [0.25, 0.3) is 11.8 Å². The van der Waals surface area contributed by atoms with Crippen molar-refractivity contribution in [1.29, 1.82) is 0 Å². The smallest absolute Gasteiger partial charge is 0.272 e. The van der Waals surface area contributed by atoms with Gasteiger partial charge in [-0.05, 0) is 36.1 Å². The Kier molecular flexibility index (Phi) is 7.11. The summed E-state index contributed by atoms with van der Waals surface area (Å²) in [7, 11) is 1.73. The summed E-state index contributed by atoms with van der Waals surface area (Å²) < 4.78 is 0. The third kappa shape index (κ3) is 6.01. The zero-order chi connectivity index (χ0) is 20.5. The highest BCUT2D eigenvalue weighted by molar-refractivity contribution is 5.96. The van der Waals surface area contributed by atoms with Crippen LogP contribution in [0.4, 0.5) is 0 Å². The van der Waals surface area contributed by atoms with Crippen LogP contribution in [0.3, 0.4) is 0 Å². The van der Waals surface area contributed by atoms with Gasteiger partial charge in [-0.15, -0.1) is 0 Å². The molecule has 0 saturated heterocycles. The molecule has 3 aromatic rings. The van der Waals surface area contributed by atoms with Crippen molar-refractivity contribution in [2.24, 2.45) is 0 Å². The number of rotatable bonds is 8. The molecule has 0 saturated carbocycles. The first-order valence-electron chi connectivity index (χ1n) is 9.72. The first kappa shape index (κ1) is 20.3. The van der Waals surface area contributed by atoms with Crippen molar-refractivity contribution in [3.8, 4) is 0 Å². The summed E-state index contributed by atoms with van der Waals surface area (Å²) in [5.41, 5.74) is 2.80. The molecule has 0 radical (unpaired) electrons. The van der Waals surface area contributed by atoms with E-state index in [-0.39, 0.29) is 23.2 Å². The number of aryl methyl sites for hydroxylation is 1. The van der Waals surface area contributed by atoms with E-state index in [2.05, 4.69) is 22.4 Å². The van der Waals surface area contributed by atoms with E-state index in [1.54, 1.807) is 30.1 Å². The Bertz CT molecular complexity index is 943. The molecule has 2 aromatic carbocycles. The number of pyridine rings is 1. The lowest BCUT2D eigenvalue weighted by molar-refractivity contribution is 0.0779. The van der Waals surface area contributed by atoms with E-state index in [0.29, 0.717) is 13.1 Å². The number of benzene rings is 2. The number of hydrogen-bond donors (Lipinski definition) is 1. The molecule has 5 heteroatoms. The maximum Gasteiger partial charge on any atom is 0.272 e. The van der Waals surface area contributed by atoms with Crippen molar-refractivity contribution in [2.45, 2.75) is 19.4 Å². The minimum atomic E-state index is -0.265. The Morgan fingerprint density at radius 1 is 0.828 bits per heavy atom. The molecule has 1 N–H and O–H groups in total. The van der Waals surface area contributed by atoms with Gasteiger partial charge in [0.1, 0.15) is 11.4 Å². The third-order valence-corrected chi connectivity index (χ3v) is 4.58. The van der Waals surface area contributed by atoms with Crippen LogP contribution in [-0.2, 0) is 13.0 Å². The molecule has 148 valence electrons. The monoisotopic (exact) mass is 387 g/mol. The molecule has 0 atom stereocenters. The fraction of sp³-hybridized carbons (Fsp3) is 0.208. The van der Waals surface area contributed by atoms with Crippen molar-refractivity contribution < 1.29 is 9.59 Å². The largest absolute Gasteiger partial charge is 0.351 e. The minimum Gasteiger partial charge on any atom is -0.351 e. The molecule has 3 rings (SSSR count). The predicted molar refractivity (Wildman–Crippen MR) is 114 cm³/mol. The number of nitrogens with one attached hydrogen (secondary N) is 1. The molecule has 0 unspecified atom stereocenters. The molecule has 1 aromatic heterocycles. The van der Waals surface area contributed by atoms with Crippen molar-refractivity contribution in [2.75, 3.05) is 13.6 Å². The Labute approximate surface area is 171 Å². The minimum absolute atomic E-state index is 0.215. The van der Waals surface area contributed by atoms with Gasteiger partial charge in [-0.2, -0.15) is 0 Å². The lowest BCUT2D eigenvalue weighted by atomic mass is 10.1. The van der Waals surface area contributed by atoms with Crippen LogP contribution in [0.1, 0.15) is 38.5 Å². The van der Waals surface area contributed by atoms with Crippen molar-refractivity contribution >= 4 is 11.8 Å². The van der Waals surface area contributed by atoms with Crippen LogP contribution in [0.5, 0.6) is 0 Å². The Morgan fingerprint density at radius 2 is 1.45 bits per heavy atom. The number of aromatic nitrogens is 1.